The van der Waals surface area contributed by atoms with Crippen LogP contribution < -0.4 is 11.1 Å². The summed E-state index contributed by atoms with van der Waals surface area (Å²) in [6.45, 7) is 2.77. The summed E-state index contributed by atoms with van der Waals surface area (Å²) in [7, 11) is 0. The lowest BCUT2D eigenvalue weighted by Crippen LogP contribution is -2.45. The van der Waals surface area contributed by atoms with Crippen LogP contribution in [-0.2, 0) is 24.2 Å². The van der Waals surface area contributed by atoms with Gasteiger partial charge in [-0.1, -0.05) is 60.7 Å². The number of nitrogens with two attached hydrogens (primary N) is 1. The Kier molecular flexibility index (Phi) is 6.98. The third kappa shape index (κ3) is 6.06. The summed E-state index contributed by atoms with van der Waals surface area (Å²) < 4.78 is 2.01. The summed E-state index contributed by atoms with van der Waals surface area (Å²) in [4.78, 5) is 16.8. The predicted octanol–water partition coefficient (Wildman–Crippen LogP) is 2.94. The van der Waals surface area contributed by atoms with Crippen molar-refractivity contribution in [2.24, 2.45) is 5.73 Å². The first-order valence-electron chi connectivity index (χ1n) is 9.74. The van der Waals surface area contributed by atoms with Gasteiger partial charge in [-0.15, -0.1) is 0 Å². The third-order valence-electron chi connectivity index (χ3n) is 4.76. The number of imidazole rings is 1. The second kappa shape index (κ2) is 9.85. The molecule has 3 aromatic rings. The number of carbonyl (C=O) groups is 1. The van der Waals surface area contributed by atoms with E-state index in [1.807, 2.05) is 54.1 Å². The molecular formula is C23H28N4O. The normalized spacial score (nSPS) is 13.1. The van der Waals surface area contributed by atoms with Gasteiger partial charge >= 0.3 is 0 Å². The summed E-state index contributed by atoms with van der Waals surface area (Å²) >= 11 is 0. The molecule has 2 aromatic carbocycles. The molecule has 0 saturated carbocycles. The van der Waals surface area contributed by atoms with Crippen molar-refractivity contribution in [1.29, 1.82) is 0 Å². The number of aryl methyl sites for hydroxylation is 1. The van der Waals surface area contributed by atoms with Gasteiger partial charge in [0.25, 0.3) is 0 Å². The quantitative estimate of drug-likeness (QED) is 0.603. The molecule has 28 heavy (non-hydrogen) atoms. The molecule has 1 unspecified atom stereocenters. The predicted molar refractivity (Wildman–Crippen MR) is 112 cm³/mol. The Morgan fingerprint density at radius 1 is 1.07 bits per heavy atom. The van der Waals surface area contributed by atoms with E-state index in [-0.39, 0.29) is 11.9 Å². The molecule has 1 aromatic heterocycles. The Bertz CT molecular complexity index is 861. The summed E-state index contributed by atoms with van der Waals surface area (Å²) in [6.07, 6.45) is 5.99. The van der Waals surface area contributed by atoms with Crippen molar-refractivity contribution in [1.82, 2.24) is 14.9 Å². The highest BCUT2D eigenvalue weighted by Gasteiger charge is 2.17. The minimum Gasteiger partial charge on any atom is -0.352 e. The summed E-state index contributed by atoms with van der Waals surface area (Å²) in [6, 6.07) is 20.0. The van der Waals surface area contributed by atoms with E-state index in [1.54, 1.807) is 6.33 Å². The maximum atomic E-state index is 12.4. The van der Waals surface area contributed by atoms with Crippen molar-refractivity contribution in [3.63, 3.8) is 0 Å². The van der Waals surface area contributed by atoms with Crippen molar-refractivity contribution in [3.8, 4) is 0 Å². The molecule has 2 atom stereocenters. The average molecular weight is 377 g/mol. The Labute approximate surface area is 166 Å². The first-order chi connectivity index (χ1) is 13.6. The lowest BCUT2D eigenvalue weighted by Gasteiger charge is -2.17. The second-order valence-electron chi connectivity index (χ2n) is 7.27. The fourth-order valence-electron chi connectivity index (χ4n) is 3.16. The van der Waals surface area contributed by atoms with E-state index in [0.29, 0.717) is 6.42 Å². The van der Waals surface area contributed by atoms with E-state index >= 15 is 0 Å². The number of rotatable bonds is 9. The Morgan fingerprint density at radius 2 is 1.71 bits per heavy atom. The van der Waals surface area contributed by atoms with Gasteiger partial charge in [0.1, 0.15) is 0 Å². The number of aromatic nitrogens is 2. The van der Waals surface area contributed by atoms with E-state index < -0.39 is 6.04 Å². The van der Waals surface area contributed by atoms with Crippen molar-refractivity contribution < 1.29 is 4.79 Å². The number of nitrogens with zero attached hydrogens (tertiary/aromatic N) is 2. The van der Waals surface area contributed by atoms with Gasteiger partial charge in [-0.05, 0) is 30.9 Å². The molecule has 0 fully saturated rings. The van der Waals surface area contributed by atoms with E-state index in [4.69, 9.17) is 5.73 Å². The first kappa shape index (κ1) is 19.8. The standard InChI is InChI=1S/C23H28N4O/c1-18(12-13-19-8-4-2-5-9-19)26-23(28)22(24)14-21-16-27(17-25-21)15-20-10-6-3-7-11-20/h2-11,16-18,22H,12-15,24H2,1H3,(H,26,28)/t18?,22-/m0/s1. The van der Waals surface area contributed by atoms with Gasteiger partial charge in [0, 0.05) is 25.2 Å². The molecular weight excluding hydrogens is 348 g/mol. The van der Waals surface area contributed by atoms with Crippen LogP contribution >= 0.6 is 0 Å². The fraction of sp³-hybridized carbons (Fsp3) is 0.304. The van der Waals surface area contributed by atoms with E-state index in [9.17, 15) is 4.79 Å². The Hall–Kier alpha value is -2.92. The fourth-order valence-corrected chi connectivity index (χ4v) is 3.16. The maximum absolute atomic E-state index is 12.4. The van der Waals surface area contributed by atoms with Crippen LogP contribution in [0.3, 0.4) is 0 Å². The smallest absolute Gasteiger partial charge is 0.237 e. The monoisotopic (exact) mass is 376 g/mol. The second-order valence-corrected chi connectivity index (χ2v) is 7.27. The Morgan fingerprint density at radius 3 is 2.39 bits per heavy atom. The topological polar surface area (TPSA) is 72.9 Å². The number of hydrogen-bond donors (Lipinski definition) is 2. The van der Waals surface area contributed by atoms with Gasteiger partial charge in [0.05, 0.1) is 18.1 Å². The van der Waals surface area contributed by atoms with Gasteiger partial charge in [-0.25, -0.2) is 4.98 Å². The van der Waals surface area contributed by atoms with Crippen LogP contribution in [0.5, 0.6) is 0 Å². The zero-order chi connectivity index (χ0) is 19.8. The molecule has 0 spiro atoms. The van der Waals surface area contributed by atoms with Crippen molar-refractivity contribution in [2.45, 2.75) is 44.8 Å². The summed E-state index contributed by atoms with van der Waals surface area (Å²) in [5.74, 6) is -0.127. The molecule has 1 amide bonds. The molecule has 0 bridgehead atoms. The Balaban J connectivity index is 1.45. The number of carbonyl (C=O) groups excluding carboxylic acids is 1. The number of hydrogen-bond acceptors (Lipinski definition) is 3. The van der Waals surface area contributed by atoms with Crippen LogP contribution in [0, 0.1) is 0 Å². The lowest BCUT2D eigenvalue weighted by molar-refractivity contribution is -0.123. The van der Waals surface area contributed by atoms with Crippen molar-refractivity contribution >= 4 is 5.91 Å². The first-order valence-corrected chi connectivity index (χ1v) is 9.74. The highest BCUT2D eigenvalue weighted by atomic mass is 16.2. The molecule has 5 nitrogen and oxygen atoms in total. The number of amides is 1. The maximum Gasteiger partial charge on any atom is 0.237 e. The van der Waals surface area contributed by atoms with Crippen molar-refractivity contribution in [2.75, 3.05) is 0 Å². The largest absolute Gasteiger partial charge is 0.352 e. The number of benzene rings is 2. The van der Waals surface area contributed by atoms with Gasteiger partial charge in [0.15, 0.2) is 0 Å². The minimum atomic E-state index is -0.598. The molecule has 3 N–H and O–H groups in total. The van der Waals surface area contributed by atoms with Gasteiger partial charge in [0.2, 0.25) is 5.91 Å². The minimum absolute atomic E-state index is 0.0781. The van der Waals surface area contributed by atoms with Crippen LogP contribution in [0.25, 0.3) is 0 Å². The van der Waals surface area contributed by atoms with E-state index in [1.165, 1.54) is 11.1 Å². The third-order valence-corrected chi connectivity index (χ3v) is 4.76. The highest BCUT2D eigenvalue weighted by Crippen LogP contribution is 2.07. The number of nitrogens with one attached hydrogen (secondary N) is 1. The zero-order valence-electron chi connectivity index (χ0n) is 16.3. The molecule has 5 heteroatoms. The average Bonchev–Trinajstić information content (AvgIpc) is 3.14. The molecule has 3 rings (SSSR count). The van der Waals surface area contributed by atoms with Crippen LogP contribution in [0.4, 0.5) is 0 Å². The van der Waals surface area contributed by atoms with Crippen LogP contribution in [0.15, 0.2) is 73.2 Å². The van der Waals surface area contributed by atoms with E-state index in [2.05, 4.69) is 34.6 Å². The highest BCUT2D eigenvalue weighted by molar-refractivity contribution is 5.82. The molecule has 0 radical (unpaired) electrons. The zero-order valence-corrected chi connectivity index (χ0v) is 16.3. The van der Waals surface area contributed by atoms with Crippen LogP contribution in [-0.4, -0.2) is 27.5 Å². The molecule has 0 aliphatic heterocycles. The summed E-state index contributed by atoms with van der Waals surface area (Å²) in [5.41, 5.74) is 9.42. The van der Waals surface area contributed by atoms with Crippen molar-refractivity contribution in [3.05, 3.63) is 90.0 Å². The SMILES string of the molecule is CC(CCc1ccccc1)NC(=O)[C@@H](N)Cc1cn(Cc2ccccc2)cn1. The van der Waals surface area contributed by atoms with Gasteiger partial charge in [-0.3, -0.25) is 4.79 Å². The van der Waals surface area contributed by atoms with Gasteiger partial charge in [-0.2, -0.15) is 0 Å². The van der Waals surface area contributed by atoms with Crippen LogP contribution in [0.2, 0.25) is 0 Å². The lowest BCUT2D eigenvalue weighted by atomic mass is 10.1. The van der Waals surface area contributed by atoms with Crippen LogP contribution in [0.1, 0.15) is 30.2 Å². The molecule has 0 saturated heterocycles. The van der Waals surface area contributed by atoms with E-state index in [0.717, 1.165) is 25.1 Å². The molecule has 1 heterocycles. The molecule has 0 aliphatic carbocycles. The summed E-state index contributed by atoms with van der Waals surface area (Å²) in [5, 5.41) is 3.02. The molecule has 146 valence electrons. The molecule has 0 aliphatic rings. The van der Waals surface area contributed by atoms with Gasteiger partial charge < -0.3 is 15.6 Å².